The van der Waals surface area contributed by atoms with Crippen LogP contribution in [0.3, 0.4) is 0 Å². The van der Waals surface area contributed by atoms with Crippen LogP contribution in [0, 0.1) is 0 Å². The van der Waals surface area contributed by atoms with E-state index in [1.54, 1.807) is 0 Å². The van der Waals surface area contributed by atoms with Gasteiger partial charge in [0.05, 0.1) is 0 Å². The van der Waals surface area contributed by atoms with Crippen molar-refractivity contribution in [2.24, 2.45) is 0 Å². The number of halogens is 1. The number of benzene rings is 1. The maximum absolute atomic E-state index is 6.17. The van der Waals surface area contributed by atoms with Gasteiger partial charge in [0.1, 0.15) is 0 Å². The second-order valence-electron chi connectivity index (χ2n) is 5.59. The third-order valence-corrected chi connectivity index (χ3v) is 4.08. The molecule has 112 valence electrons. The van der Waals surface area contributed by atoms with Gasteiger partial charge in [-0.25, -0.2) is 0 Å². The van der Waals surface area contributed by atoms with Crippen LogP contribution in [0.4, 0.5) is 5.69 Å². The van der Waals surface area contributed by atoms with Crippen LogP contribution in [0.25, 0.3) is 0 Å². The van der Waals surface area contributed by atoms with Crippen LogP contribution in [0.1, 0.15) is 25.3 Å². The Bertz CT molecular complexity index is 422. The number of nitrogens with one attached hydrogen (secondary N) is 1. The van der Waals surface area contributed by atoms with Crippen LogP contribution in [-0.4, -0.2) is 44.7 Å². The summed E-state index contributed by atoms with van der Waals surface area (Å²) in [5, 5.41) is 4.31. The Balaban J connectivity index is 2.12. The van der Waals surface area contributed by atoms with Crippen molar-refractivity contribution in [2.75, 3.05) is 44.7 Å². The van der Waals surface area contributed by atoms with Crippen molar-refractivity contribution < 1.29 is 0 Å². The minimum absolute atomic E-state index is 0.828. The zero-order valence-electron chi connectivity index (χ0n) is 12.7. The maximum Gasteiger partial charge on any atom is 0.0413 e. The molecule has 0 radical (unpaired) electrons. The molecule has 1 fully saturated rings. The van der Waals surface area contributed by atoms with Crippen LogP contribution in [0.5, 0.6) is 0 Å². The molecule has 2 rings (SSSR count). The lowest BCUT2D eigenvalue weighted by Crippen LogP contribution is -2.30. The van der Waals surface area contributed by atoms with E-state index in [4.69, 9.17) is 11.6 Å². The Kier molecular flexibility index (Phi) is 6.14. The molecule has 1 aliphatic rings. The average molecular weight is 296 g/mol. The van der Waals surface area contributed by atoms with E-state index in [2.05, 4.69) is 41.2 Å². The van der Waals surface area contributed by atoms with Crippen molar-refractivity contribution in [3.05, 3.63) is 28.8 Å². The van der Waals surface area contributed by atoms with Gasteiger partial charge in [-0.3, -0.25) is 0 Å². The quantitative estimate of drug-likeness (QED) is 0.843. The molecule has 3 nitrogen and oxygen atoms in total. The molecule has 0 saturated carbocycles. The van der Waals surface area contributed by atoms with E-state index in [0.29, 0.717) is 0 Å². The second kappa shape index (κ2) is 7.87. The molecule has 0 unspecified atom stereocenters. The number of hydrogen-bond acceptors (Lipinski definition) is 3. The van der Waals surface area contributed by atoms with Gasteiger partial charge in [0, 0.05) is 36.9 Å². The summed E-state index contributed by atoms with van der Waals surface area (Å²) in [7, 11) is 2.20. The van der Waals surface area contributed by atoms with E-state index in [-0.39, 0.29) is 0 Å². The summed E-state index contributed by atoms with van der Waals surface area (Å²) < 4.78 is 0. The molecule has 1 N–H and O–H groups in total. The van der Waals surface area contributed by atoms with E-state index in [1.165, 1.54) is 24.2 Å². The van der Waals surface area contributed by atoms with Crippen molar-refractivity contribution in [3.8, 4) is 0 Å². The summed E-state index contributed by atoms with van der Waals surface area (Å²) in [5.74, 6) is 0. The molecule has 0 bridgehead atoms. The summed E-state index contributed by atoms with van der Waals surface area (Å²) in [6, 6.07) is 6.29. The summed E-state index contributed by atoms with van der Waals surface area (Å²) in [5.41, 5.74) is 2.66. The summed E-state index contributed by atoms with van der Waals surface area (Å²) in [6.07, 6.45) is 2.38. The molecule has 1 aliphatic heterocycles. The SMILES string of the molecule is CCCNCc1cc(Cl)ccc1N1CCCN(C)CC1. The lowest BCUT2D eigenvalue weighted by atomic mass is 10.1. The van der Waals surface area contributed by atoms with Crippen LogP contribution < -0.4 is 10.2 Å². The first-order chi connectivity index (χ1) is 9.70. The van der Waals surface area contributed by atoms with Gasteiger partial charge < -0.3 is 15.1 Å². The van der Waals surface area contributed by atoms with Gasteiger partial charge >= 0.3 is 0 Å². The fraction of sp³-hybridized carbons (Fsp3) is 0.625. The Morgan fingerprint density at radius 3 is 2.85 bits per heavy atom. The molecule has 0 aromatic heterocycles. The standard InChI is InChI=1S/C16H26ClN3/c1-3-7-18-13-14-12-15(17)5-6-16(14)20-9-4-8-19(2)10-11-20/h5-6,12,18H,3-4,7-11,13H2,1-2H3. The van der Waals surface area contributed by atoms with E-state index in [0.717, 1.165) is 44.2 Å². The zero-order chi connectivity index (χ0) is 14.4. The van der Waals surface area contributed by atoms with E-state index >= 15 is 0 Å². The molecular weight excluding hydrogens is 270 g/mol. The van der Waals surface area contributed by atoms with Crippen molar-refractivity contribution in [1.29, 1.82) is 0 Å². The molecule has 0 amide bonds. The van der Waals surface area contributed by atoms with Gasteiger partial charge in [0.25, 0.3) is 0 Å². The minimum Gasteiger partial charge on any atom is -0.370 e. The number of hydrogen-bond donors (Lipinski definition) is 1. The Labute approximate surface area is 127 Å². The third kappa shape index (κ3) is 4.37. The molecule has 1 aromatic carbocycles. The smallest absolute Gasteiger partial charge is 0.0413 e. The summed E-state index contributed by atoms with van der Waals surface area (Å²) in [6.45, 7) is 8.69. The fourth-order valence-corrected chi connectivity index (χ4v) is 2.89. The minimum atomic E-state index is 0.828. The molecule has 1 saturated heterocycles. The zero-order valence-corrected chi connectivity index (χ0v) is 13.4. The number of nitrogens with zero attached hydrogens (tertiary/aromatic N) is 2. The molecule has 1 heterocycles. The van der Waals surface area contributed by atoms with Gasteiger partial charge in [0.2, 0.25) is 0 Å². The molecule has 4 heteroatoms. The van der Waals surface area contributed by atoms with Crippen molar-refractivity contribution >= 4 is 17.3 Å². The summed E-state index contributed by atoms with van der Waals surface area (Å²) in [4.78, 5) is 4.91. The van der Waals surface area contributed by atoms with E-state index < -0.39 is 0 Å². The lowest BCUT2D eigenvalue weighted by molar-refractivity contribution is 0.360. The van der Waals surface area contributed by atoms with E-state index in [9.17, 15) is 0 Å². The first-order valence-electron chi connectivity index (χ1n) is 7.63. The van der Waals surface area contributed by atoms with E-state index in [1.807, 2.05) is 6.07 Å². The second-order valence-corrected chi connectivity index (χ2v) is 6.03. The third-order valence-electron chi connectivity index (χ3n) is 3.84. The number of likely N-dealkylation sites (N-methyl/N-ethyl adjacent to an activating group) is 1. The van der Waals surface area contributed by atoms with Gasteiger partial charge in [0.15, 0.2) is 0 Å². The van der Waals surface area contributed by atoms with Gasteiger partial charge in [-0.1, -0.05) is 18.5 Å². The Morgan fingerprint density at radius 1 is 1.20 bits per heavy atom. The first-order valence-corrected chi connectivity index (χ1v) is 8.01. The molecule has 20 heavy (non-hydrogen) atoms. The molecule has 1 aromatic rings. The topological polar surface area (TPSA) is 18.5 Å². The molecular formula is C16H26ClN3. The maximum atomic E-state index is 6.17. The lowest BCUT2D eigenvalue weighted by Gasteiger charge is -2.26. The molecule has 0 aliphatic carbocycles. The van der Waals surface area contributed by atoms with Crippen LogP contribution in [0.2, 0.25) is 5.02 Å². The van der Waals surface area contributed by atoms with Gasteiger partial charge in [-0.05, 0) is 56.7 Å². The molecule has 0 atom stereocenters. The van der Waals surface area contributed by atoms with Crippen LogP contribution >= 0.6 is 11.6 Å². The van der Waals surface area contributed by atoms with Crippen LogP contribution in [0.15, 0.2) is 18.2 Å². The highest BCUT2D eigenvalue weighted by atomic mass is 35.5. The highest BCUT2D eigenvalue weighted by molar-refractivity contribution is 6.30. The normalized spacial score (nSPS) is 17.2. The number of anilines is 1. The van der Waals surface area contributed by atoms with Crippen molar-refractivity contribution in [1.82, 2.24) is 10.2 Å². The largest absolute Gasteiger partial charge is 0.370 e. The Morgan fingerprint density at radius 2 is 2.05 bits per heavy atom. The monoisotopic (exact) mass is 295 g/mol. The number of rotatable bonds is 5. The predicted molar refractivity (Wildman–Crippen MR) is 87.8 cm³/mol. The first kappa shape index (κ1) is 15.6. The van der Waals surface area contributed by atoms with Crippen LogP contribution in [-0.2, 0) is 6.54 Å². The fourth-order valence-electron chi connectivity index (χ4n) is 2.69. The highest BCUT2D eigenvalue weighted by Crippen LogP contribution is 2.25. The van der Waals surface area contributed by atoms with Gasteiger partial charge in [-0.15, -0.1) is 0 Å². The Hall–Kier alpha value is -0.770. The molecule has 0 spiro atoms. The predicted octanol–water partition coefficient (Wildman–Crippen LogP) is 2.98. The van der Waals surface area contributed by atoms with Crippen molar-refractivity contribution in [3.63, 3.8) is 0 Å². The van der Waals surface area contributed by atoms with Gasteiger partial charge in [-0.2, -0.15) is 0 Å². The van der Waals surface area contributed by atoms with Crippen molar-refractivity contribution in [2.45, 2.75) is 26.3 Å². The summed E-state index contributed by atoms with van der Waals surface area (Å²) >= 11 is 6.17. The average Bonchev–Trinajstić information content (AvgIpc) is 2.64. The highest BCUT2D eigenvalue weighted by Gasteiger charge is 2.15.